The van der Waals surface area contributed by atoms with E-state index in [0.717, 1.165) is 36.6 Å². The first-order valence-electron chi connectivity index (χ1n) is 8.69. The largest absolute Gasteiger partial charge is 0.466 e. The number of nitrogens with zero attached hydrogens (tertiary/aromatic N) is 1. The smallest absolute Gasteiger partial charge is 0.257 e. The molecule has 0 aromatic carbocycles. The van der Waals surface area contributed by atoms with Gasteiger partial charge in [-0.25, -0.2) is 0 Å². The molecule has 4 rings (SSSR count). The molecule has 24 heavy (non-hydrogen) atoms. The van der Waals surface area contributed by atoms with Crippen LogP contribution in [-0.2, 0) is 6.54 Å². The summed E-state index contributed by atoms with van der Waals surface area (Å²) in [6.07, 6.45) is 3.49. The number of amides is 1. The third kappa shape index (κ3) is 2.80. The predicted molar refractivity (Wildman–Crippen MR) is 95.3 cm³/mol. The fraction of sp³-hybridized carbons (Fsp3) is 0.526. The van der Waals surface area contributed by atoms with Crippen molar-refractivity contribution >= 4 is 17.2 Å². The van der Waals surface area contributed by atoms with Crippen LogP contribution in [-0.4, -0.2) is 29.9 Å². The number of carbonyl (C=O) groups excluding carboxylic acids is 1. The molecule has 1 atom stereocenters. The van der Waals surface area contributed by atoms with Gasteiger partial charge in [0.05, 0.1) is 5.56 Å². The van der Waals surface area contributed by atoms with Crippen LogP contribution in [0.1, 0.15) is 46.7 Å². The maximum atomic E-state index is 13.3. The third-order valence-electron chi connectivity index (χ3n) is 5.59. The molecule has 1 N–H and O–H groups in total. The Balaban J connectivity index is 1.61. The third-order valence-corrected chi connectivity index (χ3v) is 6.32. The lowest BCUT2D eigenvalue weighted by atomic mass is 9.93. The standard InChI is InChI=1S/C19H24N2O2S/c1-13-9-16(14(2)23-13)18(22)21(11-15-3-8-24-12-15)17-10-19(17)4-6-20-7-5-19/h3,8-9,12,17,20H,4-7,10-11H2,1-2H3. The van der Waals surface area contributed by atoms with Crippen LogP contribution in [0.2, 0.25) is 0 Å². The summed E-state index contributed by atoms with van der Waals surface area (Å²) < 4.78 is 5.60. The van der Waals surface area contributed by atoms with Crippen LogP contribution < -0.4 is 5.32 Å². The van der Waals surface area contributed by atoms with E-state index in [1.54, 1.807) is 11.3 Å². The minimum Gasteiger partial charge on any atom is -0.466 e. The van der Waals surface area contributed by atoms with Crippen LogP contribution in [0.15, 0.2) is 27.3 Å². The fourth-order valence-corrected chi connectivity index (χ4v) is 4.79. The van der Waals surface area contributed by atoms with Crippen molar-refractivity contribution < 1.29 is 9.21 Å². The van der Waals surface area contributed by atoms with Gasteiger partial charge in [-0.2, -0.15) is 11.3 Å². The Bertz CT molecular complexity index is 729. The van der Waals surface area contributed by atoms with E-state index in [9.17, 15) is 4.79 Å². The van der Waals surface area contributed by atoms with Crippen LogP contribution in [0.5, 0.6) is 0 Å². The van der Waals surface area contributed by atoms with Gasteiger partial charge in [0, 0.05) is 12.6 Å². The van der Waals surface area contributed by atoms with Gasteiger partial charge in [-0.3, -0.25) is 4.79 Å². The van der Waals surface area contributed by atoms with Crippen molar-refractivity contribution in [2.45, 2.75) is 45.7 Å². The molecule has 128 valence electrons. The first-order chi connectivity index (χ1) is 11.6. The van der Waals surface area contributed by atoms with Gasteiger partial charge >= 0.3 is 0 Å². The Labute approximate surface area is 146 Å². The molecular formula is C19H24N2O2S. The van der Waals surface area contributed by atoms with E-state index >= 15 is 0 Å². The summed E-state index contributed by atoms with van der Waals surface area (Å²) in [7, 11) is 0. The number of hydrogen-bond acceptors (Lipinski definition) is 4. The zero-order valence-corrected chi connectivity index (χ0v) is 15.1. The highest BCUT2D eigenvalue weighted by Gasteiger charge is 2.57. The summed E-state index contributed by atoms with van der Waals surface area (Å²) in [5.41, 5.74) is 2.28. The van der Waals surface area contributed by atoms with E-state index in [1.165, 1.54) is 18.4 Å². The molecule has 1 unspecified atom stereocenters. The van der Waals surface area contributed by atoms with Crippen LogP contribution in [0.25, 0.3) is 0 Å². The molecular weight excluding hydrogens is 320 g/mol. The quantitative estimate of drug-likeness (QED) is 0.919. The molecule has 2 aromatic rings. The second kappa shape index (κ2) is 6.05. The lowest BCUT2D eigenvalue weighted by Gasteiger charge is -2.29. The zero-order valence-electron chi connectivity index (χ0n) is 14.3. The van der Waals surface area contributed by atoms with Gasteiger partial charge in [0.1, 0.15) is 11.5 Å². The van der Waals surface area contributed by atoms with Crippen molar-refractivity contribution in [2.24, 2.45) is 5.41 Å². The monoisotopic (exact) mass is 344 g/mol. The number of furan rings is 1. The molecule has 3 heterocycles. The average Bonchev–Trinajstić information content (AvgIpc) is 2.92. The van der Waals surface area contributed by atoms with Crippen LogP contribution in [0.4, 0.5) is 0 Å². The number of rotatable bonds is 4. The number of carbonyl (C=O) groups is 1. The summed E-state index contributed by atoms with van der Waals surface area (Å²) in [6.45, 7) is 6.63. The van der Waals surface area contributed by atoms with E-state index in [0.29, 0.717) is 18.0 Å². The minimum absolute atomic E-state index is 0.121. The van der Waals surface area contributed by atoms with E-state index in [-0.39, 0.29) is 5.91 Å². The molecule has 1 aliphatic heterocycles. The van der Waals surface area contributed by atoms with Crippen molar-refractivity contribution in [3.63, 3.8) is 0 Å². The van der Waals surface area contributed by atoms with Gasteiger partial charge in [-0.15, -0.1) is 0 Å². The van der Waals surface area contributed by atoms with Crippen molar-refractivity contribution in [3.8, 4) is 0 Å². The molecule has 2 fully saturated rings. The molecule has 1 saturated carbocycles. The molecule has 0 radical (unpaired) electrons. The Morgan fingerprint density at radius 1 is 1.42 bits per heavy atom. The SMILES string of the molecule is Cc1cc(C(=O)N(Cc2ccsc2)C2CC23CCNCC3)c(C)o1. The molecule has 1 aliphatic carbocycles. The summed E-state index contributed by atoms with van der Waals surface area (Å²) in [6, 6.07) is 4.37. The van der Waals surface area contributed by atoms with Crippen LogP contribution >= 0.6 is 11.3 Å². The van der Waals surface area contributed by atoms with Gasteiger partial charge < -0.3 is 14.6 Å². The highest BCUT2D eigenvalue weighted by Crippen LogP contribution is 2.56. The highest BCUT2D eigenvalue weighted by molar-refractivity contribution is 7.07. The molecule has 0 bridgehead atoms. The first-order valence-corrected chi connectivity index (χ1v) is 9.63. The van der Waals surface area contributed by atoms with Crippen molar-refractivity contribution in [1.82, 2.24) is 10.2 Å². The molecule has 2 aromatic heterocycles. The number of thiophene rings is 1. The van der Waals surface area contributed by atoms with Gasteiger partial charge in [-0.1, -0.05) is 0 Å². The van der Waals surface area contributed by atoms with Gasteiger partial charge in [-0.05, 0) is 80.1 Å². The van der Waals surface area contributed by atoms with Crippen molar-refractivity contribution in [2.75, 3.05) is 13.1 Å². The van der Waals surface area contributed by atoms with Crippen molar-refractivity contribution in [1.29, 1.82) is 0 Å². The first kappa shape index (κ1) is 15.9. The normalized spacial score (nSPS) is 21.8. The number of aryl methyl sites for hydroxylation is 2. The van der Waals surface area contributed by atoms with Gasteiger partial charge in [0.2, 0.25) is 0 Å². The Kier molecular flexibility index (Phi) is 4.01. The fourth-order valence-electron chi connectivity index (χ4n) is 4.13. The summed E-state index contributed by atoms with van der Waals surface area (Å²) in [4.78, 5) is 15.4. The number of piperidine rings is 1. The Morgan fingerprint density at radius 2 is 2.21 bits per heavy atom. The number of nitrogens with one attached hydrogen (secondary N) is 1. The van der Waals surface area contributed by atoms with Crippen molar-refractivity contribution in [3.05, 3.63) is 45.5 Å². The summed E-state index contributed by atoms with van der Waals surface area (Å²) >= 11 is 1.69. The molecule has 1 amide bonds. The Hall–Kier alpha value is -1.59. The second-order valence-corrected chi connectivity index (χ2v) is 8.00. The zero-order chi connectivity index (χ0) is 16.7. The highest BCUT2D eigenvalue weighted by atomic mass is 32.1. The van der Waals surface area contributed by atoms with Crippen LogP contribution in [0.3, 0.4) is 0 Å². The molecule has 1 spiro atoms. The summed E-state index contributed by atoms with van der Waals surface area (Å²) in [5.74, 6) is 1.66. The molecule has 1 saturated heterocycles. The van der Waals surface area contributed by atoms with Crippen LogP contribution in [0, 0.1) is 19.3 Å². The minimum atomic E-state index is 0.121. The van der Waals surface area contributed by atoms with Gasteiger partial charge in [0.25, 0.3) is 5.91 Å². The second-order valence-electron chi connectivity index (χ2n) is 7.22. The number of hydrogen-bond donors (Lipinski definition) is 1. The molecule has 2 aliphatic rings. The average molecular weight is 344 g/mol. The summed E-state index contributed by atoms with van der Waals surface area (Å²) in [5, 5.41) is 7.67. The maximum absolute atomic E-state index is 13.3. The topological polar surface area (TPSA) is 45.5 Å². The van der Waals surface area contributed by atoms with E-state index in [4.69, 9.17) is 4.42 Å². The lowest BCUT2D eigenvalue weighted by molar-refractivity contribution is 0.0690. The van der Waals surface area contributed by atoms with E-state index in [2.05, 4.69) is 27.0 Å². The molecule has 4 nitrogen and oxygen atoms in total. The van der Waals surface area contributed by atoms with Gasteiger partial charge in [0.15, 0.2) is 0 Å². The lowest BCUT2D eigenvalue weighted by Crippen LogP contribution is -2.39. The molecule has 5 heteroatoms. The Morgan fingerprint density at radius 3 is 2.83 bits per heavy atom. The van der Waals surface area contributed by atoms with E-state index in [1.807, 2.05) is 19.9 Å². The van der Waals surface area contributed by atoms with E-state index < -0.39 is 0 Å². The predicted octanol–water partition coefficient (Wildman–Crippen LogP) is 3.74. The maximum Gasteiger partial charge on any atom is 0.257 e.